The lowest BCUT2D eigenvalue weighted by Crippen LogP contribution is -2.12. The monoisotopic (exact) mass is 247 g/mol. The van der Waals surface area contributed by atoms with Gasteiger partial charge in [-0.1, -0.05) is 29.3 Å². The number of rotatable bonds is 4. The number of halogens is 3. The first-order valence-electron chi connectivity index (χ1n) is 4.57. The quantitative estimate of drug-likeness (QED) is 0.630. The molecule has 15 heavy (non-hydrogen) atoms. The molecule has 0 aliphatic rings. The van der Waals surface area contributed by atoms with E-state index >= 15 is 0 Å². The van der Waals surface area contributed by atoms with E-state index in [1.54, 1.807) is 12.1 Å². The molecule has 0 saturated carbocycles. The van der Waals surface area contributed by atoms with Crippen LogP contribution < -0.4 is 5.73 Å². The maximum atomic E-state index is 13.6. The van der Waals surface area contributed by atoms with Crippen molar-refractivity contribution in [3.63, 3.8) is 0 Å². The Morgan fingerprint density at radius 1 is 1.40 bits per heavy atom. The molecule has 0 amide bonds. The summed E-state index contributed by atoms with van der Waals surface area (Å²) in [4.78, 5) is 0. The zero-order valence-corrected chi connectivity index (χ0v) is 9.65. The van der Waals surface area contributed by atoms with E-state index in [1.165, 1.54) is 6.07 Å². The minimum absolute atomic E-state index is 0.0449. The summed E-state index contributed by atoms with van der Waals surface area (Å²) < 4.78 is 13.6. The van der Waals surface area contributed by atoms with E-state index in [4.69, 9.17) is 28.9 Å². The highest BCUT2D eigenvalue weighted by molar-refractivity contribution is 6.33. The Morgan fingerprint density at radius 3 is 2.60 bits per heavy atom. The number of hydrogen-bond donors (Lipinski definition) is 1. The predicted molar refractivity (Wildman–Crippen MR) is 62.8 cm³/mol. The van der Waals surface area contributed by atoms with E-state index in [0.717, 1.165) is 0 Å². The van der Waals surface area contributed by atoms with Crippen LogP contribution >= 0.6 is 23.2 Å². The molecule has 1 aromatic carbocycles. The lowest BCUT2D eigenvalue weighted by molar-refractivity contribution is 0.567. The van der Waals surface area contributed by atoms with Gasteiger partial charge in [0.1, 0.15) is 5.82 Å². The van der Waals surface area contributed by atoms with Crippen molar-refractivity contribution in [1.29, 1.82) is 0 Å². The average Bonchev–Trinajstić information content (AvgIpc) is 2.21. The molecule has 0 aliphatic carbocycles. The summed E-state index contributed by atoms with van der Waals surface area (Å²) in [5, 5.41) is 0.358. The molecule has 1 atom stereocenters. The summed E-state index contributed by atoms with van der Waals surface area (Å²) in [5.41, 5.74) is 6.10. The molecule has 0 aliphatic heterocycles. The Balaban J connectivity index is 3.01. The van der Waals surface area contributed by atoms with Crippen LogP contribution in [0, 0.1) is 5.82 Å². The highest BCUT2D eigenvalue weighted by Crippen LogP contribution is 2.31. The van der Waals surface area contributed by atoms with E-state index in [0.29, 0.717) is 17.9 Å². The van der Waals surface area contributed by atoms with Crippen molar-refractivity contribution in [2.24, 2.45) is 5.73 Å². The molecule has 0 radical (unpaired) electrons. The van der Waals surface area contributed by atoms with Gasteiger partial charge >= 0.3 is 0 Å². The Hall–Kier alpha value is -0.570. The summed E-state index contributed by atoms with van der Waals surface area (Å²) in [6.45, 7) is 3.58. The Kier molecular flexibility index (Phi) is 4.58. The minimum Gasteiger partial charge on any atom is -0.324 e. The zero-order valence-electron chi connectivity index (χ0n) is 8.14. The third-order valence-corrected chi connectivity index (χ3v) is 2.75. The fourth-order valence-electron chi connectivity index (χ4n) is 1.32. The summed E-state index contributed by atoms with van der Waals surface area (Å²) in [5.74, 6) is -0.527. The van der Waals surface area contributed by atoms with Gasteiger partial charge in [-0.15, -0.1) is 6.58 Å². The van der Waals surface area contributed by atoms with E-state index in [-0.39, 0.29) is 10.6 Å². The molecule has 0 heterocycles. The highest BCUT2D eigenvalue weighted by atomic mass is 35.5. The van der Waals surface area contributed by atoms with Gasteiger partial charge in [0.15, 0.2) is 0 Å². The molecule has 0 aromatic heterocycles. The number of benzene rings is 1. The van der Waals surface area contributed by atoms with Gasteiger partial charge < -0.3 is 5.73 Å². The fraction of sp³-hybridized carbons (Fsp3) is 0.273. The summed E-state index contributed by atoms with van der Waals surface area (Å²) in [6, 6.07) is 2.52. The van der Waals surface area contributed by atoms with Crippen molar-refractivity contribution in [2.75, 3.05) is 0 Å². The first-order valence-corrected chi connectivity index (χ1v) is 5.33. The smallest absolute Gasteiger partial charge is 0.148 e. The molecule has 1 nitrogen and oxygen atoms in total. The summed E-state index contributed by atoms with van der Waals surface area (Å²) in [7, 11) is 0. The van der Waals surface area contributed by atoms with Gasteiger partial charge in [0.2, 0.25) is 0 Å². The van der Waals surface area contributed by atoms with Crippen molar-refractivity contribution in [3.8, 4) is 0 Å². The Bertz CT molecular complexity index is 366. The summed E-state index contributed by atoms with van der Waals surface area (Å²) >= 11 is 11.5. The molecule has 0 bridgehead atoms. The molecular formula is C11H12Cl2FN. The van der Waals surface area contributed by atoms with Crippen LogP contribution in [0.2, 0.25) is 10.0 Å². The van der Waals surface area contributed by atoms with Gasteiger partial charge in [-0.25, -0.2) is 4.39 Å². The van der Waals surface area contributed by atoms with Gasteiger partial charge in [0.05, 0.1) is 5.02 Å². The van der Waals surface area contributed by atoms with E-state index in [2.05, 4.69) is 6.58 Å². The predicted octanol–water partition coefficient (Wildman–Crippen LogP) is 4.10. The Morgan fingerprint density at radius 2 is 2.00 bits per heavy atom. The van der Waals surface area contributed by atoms with E-state index in [9.17, 15) is 4.39 Å². The van der Waals surface area contributed by atoms with Crippen LogP contribution in [0.1, 0.15) is 24.4 Å². The second-order valence-electron chi connectivity index (χ2n) is 3.23. The second-order valence-corrected chi connectivity index (χ2v) is 4.04. The van der Waals surface area contributed by atoms with Gasteiger partial charge in [-0.2, -0.15) is 0 Å². The molecule has 1 aromatic rings. The van der Waals surface area contributed by atoms with Crippen LogP contribution in [0.3, 0.4) is 0 Å². The molecule has 0 saturated heterocycles. The number of hydrogen-bond acceptors (Lipinski definition) is 1. The van der Waals surface area contributed by atoms with Crippen LogP contribution in [0.25, 0.3) is 0 Å². The van der Waals surface area contributed by atoms with Gasteiger partial charge in [0.25, 0.3) is 0 Å². The fourth-order valence-corrected chi connectivity index (χ4v) is 1.78. The van der Waals surface area contributed by atoms with Crippen molar-refractivity contribution in [3.05, 3.63) is 46.2 Å². The summed E-state index contributed by atoms with van der Waals surface area (Å²) in [6.07, 6.45) is 3.04. The van der Waals surface area contributed by atoms with Crippen molar-refractivity contribution >= 4 is 23.2 Å². The third-order valence-electron chi connectivity index (χ3n) is 2.13. The standard InChI is InChI=1S/C11H12Cl2FN/c1-2-3-4-9(15)10-7(12)5-6-8(13)11(10)14/h2,5-6,9H,1,3-4,15H2/t9-/m0/s1. The van der Waals surface area contributed by atoms with Crippen LogP contribution in [-0.2, 0) is 0 Å². The van der Waals surface area contributed by atoms with Gasteiger partial charge in [-0.3, -0.25) is 0 Å². The molecular weight excluding hydrogens is 236 g/mol. The van der Waals surface area contributed by atoms with Crippen molar-refractivity contribution in [2.45, 2.75) is 18.9 Å². The SMILES string of the molecule is C=CCC[C@H](N)c1c(Cl)ccc(Cl)c1F. The first kappa shape index (κ1) is 12.5. The second kappa shape index (κ2) is 5.50. The molecule has 82 valence electrons. The minimum atomic E-state index is -0.527. The average molecular weight is 248 g/mol. The highest BCUT2D eigenvalue weighted by Gasteiger charge is 2.17. The maximum Gasteiger partial charge on any atom is 0.148 e. The molecule has 0 spiro atoms. The normalized spacial score (nSPS) is 12.5. The topological polar surface area (TPSA) is 26.0 Å². The van der Waals surface area contributed by atoms with Crippen molar-refractivity contribution in [1.82, 2.24) is 0 Å². The third kappa shape index (κ3) is 2.94. The largest absolute Gasteiger partial charge is 0.324 e. The van der Waals surface area contributed by atoms with Crippen LogP contribution in [0.5, 0.6) is 0 Å². The zero-order chi connectivity index (χ0) is 11.4. The lowest BCUT2D eigenvalue weighted by Gasteiger charge is -2.14. The molecule has 0 unspecified atom stereocenters. The van der Waals surface area contributed by atoms with E-state index in [1.807, 2.05) is 0 Å². The lowest BCUT2D eigenvalue weighted by atomic mass is 10.0. The van der Waals surface area contributed by atoms with Crippen LogP contribution in [0.15, 0.2) is 24.8 Å². The van der Waals surface area contributed by atoms with Crippen LogP contribution in [0.4, 0.5) is 4.39 Å². The first-order chi connectivity index (χ1) is 7.07. The van der Waals surface area contributed by atoms with E-state index < -0.39 is 11.9 Å². The van der Waals surface area contributed by atoms with Gasteiger partial charge in [-0.05, 0) is 25.0 Å². The number of allylic oxidation sites excluding steroid dienone is 1. The Labute approximate surface area is 98.7 Å². The van der Waals surface area contributed by atoms with Crippen LogP contribution in [-0.4, -0.2) is 0 Å². The van der Waals surface area contributed by atoms with Crippen molar-refractivity contribution < 1.29 is 4.39 Å². The molecule has 0 fully saturated rings. The maximum absolute atomic E-state index is 13.6. The molecule has 4 heteroatoms. The van der Waals surface area contributed by atoms with Gasteiger partial charge in [0, 0.05) is 16.6 Å². The number of nitrogens with two attached hydrogens (primary N) is 1. The molecule has 1 rings (SSSR count). The molecule has 2 N–H and O–H groups in total.